The van der Waals surface area contributed by atoms with Crippen LogP contribution in [0.25, 0.3) is 0 Å². The van der Waals surface area contributed by atoms with Crippen molar-refractivity contribution in [3.05, 3.63) is 30.1 Å². The Morgan fingerprint density at radius 1 is 1.29 bits per heavy atom. The van der Waals surface area contributed by atoms with Gasteiger partial charge in [0.05, 0.1) is 0 Å². The Labute approximate surface area is 102 Å². The smallest absolute Gasteiger partial charge is 0.221 e. The highest BCUT2D eigenvalue weighted by molar-refractivity contribution is 5.76. The molecule has 4 nitrogen and oxygen atoms in total. The van der Waals surface area contributed by atoms with Crippen molar-refractivity contribution in [1.29, 1.82) is 0 Å². The molecule has 0 unspecified atom stereocenters. The zero-order chi connectivity index (χ0) is 11.9. The third-order valence-electron chi connectivity index (χ3n) is 2.85. The fraction of sp³-hybridized carbons (Fsp3) is 0.538. The minimum atomic E-state index is 0.132. The maximum Gasteiger partial charge on any atom is 0.221 e. The normalized spacial score (nSPS) is 14.6. The van der Waals surface area contributed by atoms with Gasteiger partial charge >= 0.3 is 0 Å². The van der Waals surface area contributed by atoms with Crippen molar-refractivity contribution >= 4 is 5.91 Å². The van der Waals surface area contributed by atoms with Crippen molar-refractivity contribution in [2.45, 2.75) is 31.7 Å². The molecule has 0 saturated heterocycles. The maximum absolute atomic E-state index is 11.5. The van der Waals surface area contributed by atoms with E-state index in [1.807, 2.05) is 12.1 Å². The lowest BCUT2D eigenvalue weighted by atomic mass is 10.2. The molecule has 0 atom stereocenters. The van der Waals surface area contributed by atoms with Crippen LogP contribution < -0.4 is 10.6 Å². The standard InChI is InChI=1S/C13H19N3O/c17-13(6-10-15-12-1-2-12)16-9-5-11-3-7-14-8-4-11/h3-4,7-8,12,15H,1-2,5-6,9-10H2,(H,16,17). The molecule has 92 valence electrons. The van der Waals surface area contributed by atoms with Crippen LogP contribution in [-0.2, 0) is 11.2 Å². The Hall–Kier alpha value is -1.42. The Kier molecular flexibility index (Phi) is 4.50. The molecule has 0 bridgehead atoms. The van der Waals surface area contributed by atoms with Crippen LogP contribution in [-0.4, -0.2) is 30.0 Å². The zero-order valence-electron chi connectivity index (χ0n) is 9.98. The quantitative estimate of drug-likeness (QED) is 0.735. The van der Waals surface area contributed by atoms with Gasteiger partial charge in [-0.2, -0.15) is 0 Å². The molecule has 0 spiro atoms. The molecule has 1 aromatic heterocycles. The van der Waals surface area contributed by atoms with E-state index in [0.29, 0.717) is 19.0 Å². The van der Waals surface area contributed by atoms with Crippen molar-refractivity contribution in [1.82, 2.24) is 15.6 Å². The summed E-state index contributed by atoms with van der Waals surface area (Å²) >= 11 is 0. The highest BCUT2D eigenvalue weighted by atomic mass is 16.1. The Morgan fingerprint density at radius 2 is 2.06 bits per heavy atom. The first-order valence-electron chi connectivity index (χ1n) is 6.23. The summed E-state index contributed by atoms with van der Waals surface area (Å²) in [5.41, 5.74) is 1.21. The summed E-state index contributed by atoms with van der Waals surface area (Å²) in [4.78, 5) is 15.4. The fourth-order valence-corrected chi connectivity index (χ4v) is 1.66. The van der Waals surface area contributed by atoms with Gasteiger partial charge < -0.3 is 10.6 Å². The minimum absolute atomic E-state index is 0.132. The van der Waals surface area contributed by atoms with Gasteiger partial charge in [0.25, 0.3) is 0 Å². The summed E-state index contributed by atoms with van der Waals surface area (Å²) in [6.07, 6.45) is 7.53. The second-order valence-electron chi connectivity index (χ2n) is 4.43. The van der Waals surface area contributed by atoms with Crippen LogP contribution in [0.3, 0.4) is 0 Å². The third-order valence-corrected chi connectivity index (χ3v) is 2.85. The molecule has 2 rings (SSSR count). The van der Waals surface area contributed by atoms with Crippen molar-refractivity contribution < 1.29 is 4.79 Å². The lowest BCUT2D eigenvalue weighted by Gasteiger charge is -2.05. The Morgan fingerprint density at radius 3 is 2.76 bits per heavy atom. The Bertz CT molecular complexity index is 349. The number of nitrogens with zero attached hydrogens (tertiary/aromatic N) is 1. The molecular weight excluding hydrogens is 214 g/mol. The third kappa shape index (κ3) is 4.95. The molecular formula is C13H19N3O. The predicted octanol–water partition coefficient (Wildman–Crippen LogP) is 0.882. The van der Waals surface area contributed by atoms with E-state index < -0.39 is 0 Å². The molecule has 4 heteroatoms. The van der Waals surface area contributed by atoms with Crippen LogP contribution in [0.2, 0.25) is 0 Å². The monoisotopic (exact) mass is 233 g/mol. The van der Waals surface area contributed by atoms with Gasteiger partial charge in [0.2, 0.25) is 5.91 Å². The predicted molar refractivity (Wildman–Crippen MR) is 66.6 cm³/mol. The van der Waals surface area contributed by atoms with E-state index in [1.54, 1.807) is 12.4 Å². The molecule has 1 amide bonds. The van der Waals surface area contributed by atoms with E-state index in [2.05, 4.69) is 15.6 Å². The first-order chi connectivity index (χ1) is 8.34. The summed E-state index contributed by atoms with van der Waals surface area (Å²) in [5, 5.41) is 6.25. The van der Waals surface area contributed by atoms with Crippen molar-refractivity contribution in [2.24, 2.45) is 0 Å². The average molecular weight is 233 g/mol. The van der Waals surface area contributed by atoms with Gasteiger partial charge in [-0.3, -0.25) is 9.78 Å². The van der Waals surface area contributed by atoms with E-state index in [-0.39, 0.29) is 5.91 Å². The number of aromatic nitrogens is 1. The van der Waals surface area contributed by atoms with Crippen LogP contribution in [0.1, 0.15) is 24.8 Å². The van der Waals surface area contributed by atoms with E-state index in [9.17, 15) is 4.79 Å². The molecule has 2 N–H and O–H groups in total. The van der Waals surface area contributed by atoms with Gasteiger partial charge in [-0.1, -0.05) is 0 Å². The molecule has 1 aromatic rings. The molecule has 0 radical (unpaired) electrons. The maximum atomic E-state index is 11.5. The van der Waals surface area contributed by atoms with Crippen LogP contribution in [0.4, 0.5) is 0 Å². The lowest BCUT2D eigenvalue weighted by molar-refractivity contribution is -0.120. The molecule has 0 aromatic carbocycles. The number of carbonyl (C=O) groups is 1. The summed E-state index contributed by atoms with van der Waals surface area (Å²) in [5.74, 6) is 0.132. The van der Waals surface area contributed by atoms with Gasteiger partial charge in [-0.15, -0.1) is 0 Å². The molecule has 0 aliphatic heterocycles. The van der Waals surface area contributed by atoms with Gasteiger partial charge in [0.1, 0.15) is 0 Å². The molecule has 1 fully saturated rings. The number of hydrogen-bond acceptors (Lipinski definition) is 3. The van der Waals surface area contributed by atoms with Crippen LogP contribution in [0.15, 0.2) is 24.5 Å². The fourth-order valence-electron chi connectivity index (χ4n) is 1.66. The number of pyridine rings is 1. The number of hydrogen-bond donors (Lipinski definition) is 2. The topological polar surface area (TPSA) is 54.0 Å². The summed E-state index contributed by atoms with van der Waals surface area (Å²) < 4.78 is 0. The zero-order valence-corrected chi connectivity index (χ0v) is 9.98. The summed E-state index contributed by atoms with van der Waals surface area (Å²) in [6.45, 7) is 1.50. The van der Waals surface area contributed by atoms with E-state index in [1.165, 1.54) is 18.4 Å². The molecule has 1 heterocycles. The summed E-state index contributed by atoms with van der Waals surface area (Å²) in [7, 11) is 0. The highest BCUT2D eigenvalue weighted by Gasteiger charge is 2.19. The Balaban J connectivity index is 1.53. The highest BCUT2D eigenvalue weighted by Crippen LogP contribution is 2.18. The minimum Gasteiger partial charge on any atom is -0.356 e. The van der Waals surface area contributed by atoms with Crippen molar-refractivity contribution in [3.8, 4) is 0 Å². The van der Waals surface area contributed by atoms with E-state index >= 15 is 0 Å². The van der Waals surface area contributed by atoms with Gasteiger partial charge in [0, 0.05) is 37.9 Å². The lowest BCUT2D eigenvalue weighted by Crippen LogP contribution is -2.29. The van der Waals surface area contributed by atoms with Crippen molar-refractivity contribution in [2.75, 3.05) is 13.1 Å². The van der Waals surface area contributed by atoms with Crippen molar-refractivity contribution in [3.63, 3.8) is 0 Å². The van der Waals surface area contributed by atoms with Crippen LogP contribution >= 0.6 is 0 Å². The second-order valence-corrected chi connectivity index (χ2v) is 4.43. The van der Waals surface area contributed by atoms with E-state index in [4.69, 9.17) is 0 Å². The first kappa shape index (κ1) is 12.0. The number of rotatable bonds is 7. The van der Waals surface area contributed by atoms with Gasteiger partial charge in [0.15, 0.2) is 0 Å². The first-order valence-corrected chi connectivity index (χ1v) is 6.23. The number of amides is 1. The van der Waals surface area contributed by atoms with Crippen LogP contribution in [0.5, 0.6) is 0 Å². The molecule has 1 saturated carbocycles. The number of carbonyl (C=O) groups excluding carboxylic acids is 1. The molecule has 1 aliphatic carbocycles. The van der Waals surface area contributed by atoms with E-state index in [0.717, 1.165) is 13.0 Å². The van der Waals surface area contributed by atoms with Crippen LogP contribution in [0, 0.1) is 0 Å². The second kappa shape index (κ2) is 6.35. The average Bonchev–Trinajstić information content (AvgIpc) is 3.14. The molecule has 1 aliphatic rings. The van der Waals surface area contributed by atoms with Gasteiger partial charge in [-0.25, -0.2) is 0 Å². The van der Waals surface area contributed by atoms with Gasteiger partial charge in [-0.05, 0) is 37.0 Å². The molecule has 17 heavy (non-hydrogen) atoms. The largest absolute Gasteiger partial charge is 0.356 e. The summed E-state index contributed by atoms with van der Waals surface area (Å²) in [6, 6.07) is 4.63. The SMILES string of the molecule is O=C(CCNC1CC1)NCCc1ccncc1. The number of nitrogens with one attached hydrogen (secondary N) is 2.